The molecule has 1 heterocycles. The average Bonchev–Trinajstić information content (AvgIpc) is 2.71. The van der Waals surface area contributed by atoms with Gasteiger partial charge in [-0.2, -0.15) is 18.3 Å². The SMILES string of the molecule is O=c1c(-c2cccc(C(F)(F)F)c2F)nn(Cc2ccccc2F)c2ccccc12. The van der Waals surface area contributed by atoms with Gasteiger partial charge in [-0.25, -0.2) is 8.78 Å². The number of hydrogen-bond acceptors (Lipinski definition) is 2. The number of benzene rings is 3. The Kier molecular flexibility index (Phi) is 4.85. The monoisotopic (exact) mass is 416 g/mol. The van der Waals surface area contributed by atoms with Crippen LogP contribution in [-0.4, -0.2) is 9.78 Å². The van der Waals surface area contributed by atoms with Gasteiger partial charge in [-0.3, -0.25) is 9.48 Å². The molecule has 3 nitrogen and oxygen atoms in total. The number of hydrogen-bond donors (Lipinski definition) is 0. The molecule has 0 fully saturated rings. The first kappa shape index (κ1) is 19.8. The van der Waals surface area contributed by atoms with Crippen LogP contribution in [-0.2, 0) is 12.7 Å². The minimum atomic E-state index is -4.93. The van der Waals surface area contributed by atoms with Crippen LogP contribution in [0, 0.1) is 11.6 Å². The van der Waals surface area contributed by atoms with Gasteiger partial charge in [0.05, 0.1) is 17.6 Å². The minimum absolute atomic E-state index is 0.0962. The van der Waals surface area contributed by atoms with Gasteiger partial charge < -0.3 is 0 Å². The van der Waals surface area contributed by atoms with Gasteiger partial charge in [0.2, 0.25) is 5.43 Å². The lowest BCUT2D eigenvalue weighted by atomic mass is 10.0. The van der Waals surface area contributed by atoms with Crippen LogP contribution in [0.15, 0.2) is 71.5 Å². The zero-order chi connectivity index (χ0) is 21.5. The fourth-order valence-electron chi connectivity index (χ4n) is 3.26. The molecule has 0 N–H and O–H groups in total. The predicted molar refractivity (Wildman–Crippen MR) is 102 cm³/mol. The smallest absolute Gasteiger partial charge is 0.287 e. The summed E-state index contributed by atoms with van der Waals surface area (Å²) in [6, 6.07) is 14.9. The highest BCUT2D eigenvalue weighted by atomic mass is 19.4. The maximum absolute atomic E-state index is 14.7. The van der Waals surface area contributed by atoms with Crippen molar-refractivity contribution in [1.29, 1.82) is 0 Å². The predicted octanol–water partition coefficient (Wildman–Crippen LogP) is 5.41. The summed E-state index contributed by atoms with van der Waals surface area (Å²) in [5.74, 6) is -2.09. The zero-order valence-electron chi connectivity index (χ0n) is 15.3. The fourth-order valence-corrected chi connectivity index (χ4v) is 3.26. The molecule has 0 aliphatic rings. The molecule has 8 heteroatoms. The number of rotatable bonds is 3. The Morgan fingerprint density at radius 2 is 1.57 bits per heavy atom. The van der Waals surface area contributed by atoms with Gasteiger partial charge >= 0.3 is 6.18 Å². The molecule has 152 valence electrons. The average molecular weight is 416 g/mol. The van der Waals surface area contributed by atoms with Crippen molar-refractivity contribution >= 4 is 10.9 Å². The summed E-state index contributed by atoms with van der Waals surface area (Å²) in [4.78, 5) is 12.9. The third kappa shape index (κ3) is 3.45. The number of halogens is 5. The number of aromatic nitrogens is 2. The summed E-state index contributed by atoms with van der Waals surface area (Å²) < 4.78 is 69.5. The molecule has 0 aliphatic heterocycles. The van der Waals surface area contributed by atoms with Crippen LogP contribution in [0.1, 0.15) is 11.1 Å². The molecule has 4 rings (SSSR count). The maximum atomic E-state index is 14.7. The molecule has 0 aliphatic carbocycles. The number of nitrogens with zero attached hydrogens (tertiary/aromatic N) is 2. The fraction of sp³-hybridized carbons (Fsp3) is 0.0909. The second kappa shape index (κ2) is 7.37. The van der Waals surface area contributed by atoms with E-state index >= 15 is 0 Å². The van der Waals surface area contributed by atoms with Gasteiger partial charge in [-0.05, 0) is 30.3 Å². The summed E-state index contributed by atoms with van der Waals surface area (Å²) in [6.07, 6.45) is -4.93. The second-order valence-corrected chi connectivity index (χ2v) is 6.61. The largest absolute Gasteiger partial charge is 0.419 e. The Balaban J connectivity index is 1.98. The Morgan fingerprint density at radius 3 is 2.30 bits per heavy atom. The third-order valence-corrected chi connectivity index (χ3v) is 4.70. The summed E-state index contributed by atoms with van der Waals surface area (Å²) in [5.41, 5.74) is -2.64. The van der Waals surface area contributed by atoms with Crippen molar-refractivity contribution in [3.63, 3.8) is 0 Å². The maximum Gasteiger partial charge on any atom is 0.419 e. The lowest BCUT2D eigenvalue weighted by Gasteiger charge is -2.14. The highest BCUT2D eigenvalue weighted by Crippen LogP contribution is 2.34. The molecule has 4 aromatic rings. The van der Waals surface area contributed by atoms with E-state index in [2.05, 4.69) is 5.10 Å². The van der Waals surface area contributed by atoms with E-state index in [0.717, 1.165) is 12.1 Å². The molecule has 0 radical (unpaired) electrons. The summed E-state index contributed by atoms with van der Waals surface area (Å²) in [7, 11) is 0. The van der Waals surface area contributed by atoms with Gasteiger partial charge in [-0.1, -0.05) is 36.4 Å². The van der Waals surface area contributed by atoms with E-state index in [4.69, 9.17) is 0 Å². The van der Waals surface area contributed by atoms with Crippen LogP contribution in [0.3, 0.4) is 0 Å². The number of fused-ring (bicyclic) bond motifs is 1. The number of alkyl halides is 3. The Labute approximate surface area is 167 Å². The molecule has 0 bridgehead atoms. The van der Waals surface area contributed by atoms with E-state index in [0.29, 0.717) is 11.6 Å². The Hall–Kier alpha value is -3.55. The first-order valence-corrected chi connectivity index (χ1v) is 8.86. The molecule has 0 atom stereocenters. The molecule has 1 aromatic heterocycles. The molecule has 0 amide bonds. The standard InChI is InChI=1S/C22H13F5N2O/c23-17-10-3-1-6-13(17)12-29-18-11-4-2-7-14(18)21(30)20(28-29)15-8-5-9-16(19(15)24)22(25,26)27/h1-11H,12H2. The first-order valence-electron chi connectivity index (χ1n) is 8.86. The van der Waals surface area contributed by atoms with Crippen LogP contribution in [0.25, 0.3) is 22.2 Å². The van der Waals surface area contributed by atoms with Crippen LogP contribution < -0.4 is 5.43 Å². The van der Waals surface area contributed by atoms with E-state index in [1.807, 2.05) is 0 Å². The van der Waals surface area contributed by atoms with Gasteiger partial charge in [-0.15, -0.1) is 0 Å². The molecule has 0 spiro atoms. The van der Waals surface area contributed by atoms with Crippen LogP contribution in [0.2, 0.25) is 0 Å². The normalized spacial score (nSPS) is 11.8. The van der Waals surface area contributed by atoms with Gasteiger partial charge in [0.1, 0.15) is 17.3 Å². The van der Waals surface area contributed by atoms with Gasteiger partial charge in [0.25, 0.3) is 0 Å². The summed E-state index contributed by atoms with van der Waals surface area (Å²) >= 11 is 0. The van der Waals surface area contributed by atoms with Crippen molar-refractivity contribution in [2.24, 2.45) is 0 Å². The van der Waals surface area contributed by atoms with Gasteiger partial charge in [0.15, 0.2) is 0 Å². The van der Waals surface area contributed by atoms with Crippen molar-refractivity contribution in [3.05, 3.63) is 99.7 Å². The van der Waals surface area contributed by atoms with Crippen molar-refractivity contribution in [1.82, 2.24) is 9.78 Å². The van der Waals surface area contributed by atoms with Crippen LogP contribution in [0.4, 0.5) is 22.0 Å². The Bertz CT molecular complexity index is 1310. The van der Waals surface area contributed by atoms with E-state index in [1.54, 1.807) is 24.3 Å². The lowest BCUT2D eigenvalue weighted by molar-refractivity contribution is -0.139. The molecule has 0 unspecified atom stereocenters. The van der Waals surface area contributed by atoms with Gasteiger partial charge in [0, 0.05) is 16.5 Å². The molecule has 3 aromatic carbocycles. The van der Waals surface area contributed by atoms with Crippen molar-refractivity contribution < 1.29 is 22.0 Å². The molecule has 0 saturated heterocycles. The van der Waals surface area contributed by atoms with Crippen molar-refractivity contribution in [2.45, 2.75) is 12.7 Å². The summed E-state index contributed by atoms with van der Waals surface area (Å²) in [6.45, 7) is -0.0962. The minimum Gasteiger partial charge on any atom is -0.287 e. The third-order valence-electron chi connectivity index (χ3n) is 4.70. The van der Waals surface area contributed by atoms with E-state index in [-0.39, 0.29) is 17.5 Å². The molecule has 0 saturated carbocycles. The highest BCUT2D eigenvalue weighted by Gasteiger charge is 2.35. The lowest BCUT2D eigenvalue weighted by Crippen LogP contribution is -2.19. The molecule has 30 heavy (non-hydrogen) atoms. The van der Waals surface area contributed by atoms with E-state index < -0.39 is 40.1 Å². The van der Waals surface area contributed by atoms with Crippen molar-refractivity contribution in [3.8, 4) is 11.3 Å². The van der Waals surface area contributed by atoms with Crippen molar-refractivity contribution in [2.75, 3.05) is 0 Å². The van der Waals surface area contributed by atoms with E-state index in [1.165, 1.54) is 28.9 Å². The highest BCUT2D eigenvalue weighted by molar-refractivity contribution is 5.82. The van der Waals surface area contributed by atoms with E-state index in [9.17, 15) is 26.7 Å². The number of para-hydroxylation sites is 1. The summed E-state index contributed by atoms with van der Waals surface area (Å²) in [5, 5.41) is 4.26. The topological polar surface area (TPSA) is 34.9 Å². The first-order chi connectivity index (χ1) is 14.3. The van der Waals surface area contributed by atoms with Crippen LogP contribution in [0.5, 0.6) is 0 Å². The molecular formula is C22H13F5N2O. The van der Waals surface area contributed by atoms with Crippen LogP contribution >= 0.6 is 0 Å². The Morgan fingerprint density at radius 1 is 0.867 bits per heavy atom. The zero-order valence-corrected chi connectivity index (χ0v) is 15.3. The molecular weight excluding hydrogens is 403 g/mol. The quantitative estimate of drug-likeness (QED) is 0.419. The second-order valence-electron chi connectivity index (χ2n) is 6.61.